The van der Waals surface area contributed by atoms with Crippen LogP contribution in [0.5, 0.6) is 0 Å². The number of nitrogens with two attached hydrogens (primary N) is 2. The molecule has 1 aromatic carbocycles. The van der Waals surface area contributed by atoms with Gasteiger partial charge in [-0.1, -0.05) is 24.0 Å². The van der Waals surface area contributed by atoms with E-state index in [1.807, 2.05) is 36.1 Å². The van der Waals surface area contributed by atoms with E-state index in [4.69, 9.17) is 11.5 Å². The molecule has 1 aliphatic heterocycles. The maximum Gasteiger partial charge on any atom is 0.253 e. The van der Waals surface area contributed by atoms with E-state index in [-0.39, 0.29) is 11.9 Å². The highest BCUT2D eigenvalue weighted by molar-refractivity contribution is 5.94. The molecule has 8 nitrogen and oxygen atoms in total. The first-order valence-corrected chi connectivity index (χ1v) is 10.4. The standard InChI is InChI=1S/C24H25N7O/c1-16-20(9-3-17-4-10-21(25)27-15-17)22(29-24(26)28-16)18-5-7-19(8-6-18)23(32)31-13-11-30(2)12-14-31/h4-8,10,15H,11-14H2,1-2H3,(H2,25,27)(H2,26,28,29). The predicted molar refractivity (Wildman–Crippen MR) is 125 cm³/mol. The van der Waals surface area contributed by atoms with Gasteiger partial charge >= 0.3 is 0 Å². The molecule has 0 radical (unpaired) electrons. The fourth-order valence-electron chi connectivity index (χ4n) is 3.53. The van der Waals surface area contributed by atoms with Crippen molar-refractivity contribution in [1.29, 1.82) is 0 Å². The number of aryl methyl sites for hydroxylation is 1. The van der Waals surface area contributed by atoms with Crippen molar-refractivity contribution in [2.45, 2.75) is 6.92 Å². The summed E-state index contributed by atoms with van der Waals surface area (Å²) in [5, 5.41) is 0. The summed E-state index contributed by atoms with van der Waals surface area (Å²) in [6, 6.07) is 10.9. The summed E-state index contributed by atoms with van der Waals surface area (Å²) in [6.45, 7) is 5.08. The SMILES string of the molecule is Cc1nc(N)nc(-c2ccc(C(=O)N3CCN(C)CC3)cc2)c1C#Cc1ccc(N)nc1. The molecule has 1 amide bonds. The number of anilines is 2. The lowest BCUT2D eigenvalue weighted by atomic mass is 10.0. The summed E-state index contributed by atoms with van der Waals surface area (Å²) in [5.41, 5.74) is 15.7. The van der Waals surface area contributed by atoms with Crippen LogP contribution in [0.2, 0.25) is 0 Å². The van der Waals surface area contributed by atoms with Gasteiger partial charge in [-0.15, -0.1) is 0 Å². The summed E-state index contributed by atoms with van der Waals surface area (Å²) >= 11 is 0. The molecule has 0 saturated carbocycles. The highest BCUT2D eigenvalue weighted by atomic mass is 16.2. The molecule has 32 heavy (non-hydrogen) atoms. The Morgan fingerprint density at radius 2 is 1.69 bits per heavy atom. The van der Waals surface area contributed by atoms with Gasteiger partial charge in [0.25, 0.3) is 5.91 Å². The fraction of sp³-hybridized carbons (Fsp3) is 0.250. The second-order valence-electron chi connectivity index (χ2n) is 7.79. The smallest absolute Gasteiger partial charge is 0.253 e. The maximum atomic E-state index is 12.8. The Morgan fingerprint density at radius 3 is 2.34 bits per heavy atom. The Bertz CT molecular complexity index is 1190. The quantitative estimate of drug-likeness (QED) is 0.599. The molecule has 0 unspecified atom stereocenters. The predicted octanol–water partition coefficient (Wildman–Crippen LogP) is 1.80. The minimum absolute atomic E-state index is 0.0406. The number of hydrogen-bond donors (Lipinski definition) is 2. The van der Waals surface area contributed by atoms with E-state index in [9.17, 15) is 4.79 Å². The van der Waals surface area contributed by atoms with Crippen LogP contribution in [0.4, 0.5) is 11.8 Å². The summed E-state index contributed by atoms with van der Waals surface area (Å²) in [5.74, 6) is 6.88. The number of amides is 1. The lowest BCUT2D eigenvalue weighted by Gasteiger charge is -2.32. The minimum Gasteiger partial charge on any atom is -0.384 e. The van der Waals surface area contributed by atoms with E-state index in [0.29, 0.717) is 28.3 Å². The van der Waals surface area contributed by atoms with Crippen molar-refractivity contribution in [1.82, 2.24) is 24.8 Å². The second kappa shape index (κ2) is 9.04. The minimum atomic E-state index is 0.0406. The zero-order valence-corrected chi connectivity index (χ0v) is 18.2. The summed E-state index contributed by atoms with van der Waals surface area (Å²) < 4.78 is 0. The molecule has 1 saturated heterocycles. The molecule has 1 aliphatic rings. The van der Waals surface area contributed by atoms with E-state index in [2.05, 4.69) is 38.7 Å². The van der Waals surface area contributed by atoms with Gasteiger partial charge in [-0.25, -0.2) is 15.0 Å². The molecule has 3 heterocycles. The summed E-state index contributed by atoms with van der Waals surface area (Å²) in [7, 11) is 2.07. The van der Waals surface area contributed by atoms with Crippen molar-refractivity contribution in [3.05, 3.63) is 65.0 Å². The molecular formula is C24H25N7O. The van der Waals surface area contributed by atoms with Crippen LogP contribution in [0, 0.1) is 18.8 Å². The van der Waals surface area contributed by atoms with Crippen LogP contribution in [-0.2, 0) is 0 Å². The monoisotopic (exact) mass is 427 g/mol. The van der Waals surface area contributed by atoms with Crippen LogP contribution in [-0.4, -0.2) is 63.9 Å². The highest BCUT2D eigenvalue weighted by Crippen LogP contribution is 2.25. The average molecular weight is 428 g/mol. The third kappa shape index (κ3) is 4.68. The number of aromatic nitrogens is 3. The number of carbonyl (C=O) groups is 1. The van der Waals surface area contributed by atoms with Crippen LogP contribution in [0.25, 0.3) is 11.3 Å². The van der Waals surface area contributed by atoms with E-state index in [1.165, 1.54) is 0 Å². The van der Waals surface area contributed by atoms with Gasteiger partial charge in [-0.2, -0.15) is 0 Å². The number of nitrogens with zero attached hydrogens (tertiary/aromatic N) is 5. The Balaban J connectivity index is 1.63. The summed E-state index contributed by atoms with van der Waals surface area (Å²) in [6.07, 6.45) is 1.62. The number of likely N-dealkylation sites (N-methyl/N-ethyl adjacent to an activating group) is 1. The van der Waals surface area contributed by atoms with Gasteiger partial charge in [0.2, 0.25) is 5.95 Å². The normalized spacial score (nSPS) is 14.0. The van der Waals surface area contributed by atoms with Crippen LogP contribution in [0.15, 0.2) is 42.6 Å². The number of rotatable bonds is 2. The lowest BCUT2D eigenvalue weighted by Crippen LogP contribution is -2.47. The number of carbonyl (C=O) groups excluding carboxylic acids is 1. The van der Waals surface area contributed by atoms with Gasteiger partial charge in [0, 0.05) is 49.1 Å². The first-order valence-electron chi connectivity index (χ1n) is 10.4. The van der Waals surface area contributed by atoms with Gasteiger partial charge in [0.05, 0.1) is 17.0 Å². The van der Waals surface area contributed by atoms with Crippen LogP contribution in [0.3, 0.4) is 0 Å². The van der Waals surface area contributed by atoms with Crippen molar-refractivity contribution in [3.8, 4) is 23.1 Å². The zero-order valence-electron chi connectivity index (χ0n) is 18.2. The van der Waals surface area contributed by atoms with E-state index in [1.54, 1.807) is 18.3 Å². The maximum absolute atomic E-state index is 12.8. The first kappa shape index (κ1) is 21.3. The number of nitrogen functional groups attached to an aromatic ring is 2. The van der Waals surface area contributed by atoms with E-state index >= 15 is 0 Å². The number of piperazine rings is 1. The van der Waals surface area contributed by atoms with Gasteiger partial charge in [0.1, 0.15) is 5.82 Å². The molecule has 0 aliphatic carbocycles. The topological polar surface area (TPSA) is 114 Å². The third-order valence-electron chi connectivity index (χ3n) is 5.42. The molecular weight excluding hydrogens is 402 g/mol. The van der Waals surface area contributed by atoms with Crippen LogP contribution >= 0.6 is 0 Å². The van der Waals surface area contributed by atoms with Crippen molar-refractivity contribution in [2.24, 2.45) is 0 Å². The largest absolute Gasteiger partial charge is 0.384 e. The molecule has 0 spiro atoms. The van der Waals surface area contributed by atoms with Gasteiger partial charge in [-0.3, -0.25) is 4.79 Å². The van der Waals surface area contributed by atoms with Gasteiger partial charge in [0.15, 0.2) is 0 Å². The van der Waals surface area contributed by atoms with Gasteiger partial charge < -0.3 is 21.3 Å². The first-order chi connectivity index (χ1) is 15.4. The molecule has 0 atom stereocenters. The van der Waals surface area contributed by atoms with Gasteiger partial charge in [-0.05, 0) is 38.2 Å². The zero-order chi connectivity index (χ0) is 22.7. The highest BCUT2D eigenvalue weighted by Gasteiger charge is 2.20. The number of benzene rings is 1. The van der Waals surface area contributed by atoms with Crippen LogP contribution < -0.4 is 11.5 Å². The molecule has 4 rings (SSSR count). The Morgan fingerprint density at radius 1 is 0.969 bits per heavy atom. The Labute approximate surface area is 187 Å². The van der Waals surface area contributed by atoms with Crippen molar-refractivity contribution < 1.29 is 4.79 Å². The molecule has 1 fully saturated rings. The molecule has 4 N–H and O–H groups in total. The van der Waals surface area contributed by atoms with Crippen molar-refractivity contribution >= 4 is 17.7 Å². The van der Waals surface area contributed by atoms with Crippen molar-refractivity contribution in [2.75, 3.05) is 44.7 Å². The molecule has 8 heteroatoms. The average Bonchev–Trinajstić information content (AvgIpc) is 2.79. The summed E-state index contributed by atoms with van der Waals surface area (Å²) in [4.78, 5) is 29.7. The van der Waals surface area contributed by atoms with Crippen LogP contribution in [0.1, 0.15) is 27.2 Å². The molecule has 162 valence electrons. The van der Waals surface area contributed by atoms with Crippen molar-refractivity contribution in [3.63, 3.8) is 0 Å². The molecule has 2 aromatic heterocycles. The Hall–Kier alpha value is -3.96. The molecule has 3 aromatic rings. The Kier molecular flexibility index (Phi) is 6.01. The third-order valence-corrected chi connectivity index (χ3v) is 5.42. The van der Waals surface area contributed by atoms with E-state index in [0.717, 1.165) is 37.3 Å². The lowest BCUT2D eigenvalue weighted by molar-refractivity contribution is 0.0664. The number of hydrogen-bond acceptors (Lipinski definition) is 7. The molecule has 0 bridgehead atoms. The van der Waals surface area contributed by atoms with E-state index < -0.39 is 0 Å². The number of pyridine rings is 1. The second-order valence-corrected chi connectivity index (χ2v) is 7.79. The fourth-order valence-corrected chi connectivity index (χ4v) is 3.53.